The zero-order chi connectivity index (χ0) is 18.7. The number of hydrogen-bond acceptors (Lipinski definition) is 6. The van der Waals surface area contributed by atoms with E-state index >= 15 is 0 Å². The highest BCUT2D eigenvalue weighted by Gasteiger charge is 2.24. The van der Waals surface area contributed by atoms with Crippen LogP contribution < -0.4 is 0 Å². The minimum Gasteiger partial charge on any atom is -0.312 e. The molecule has 2 aromatic heterocycles. The number of nitrogens with zero attached hydrogens (tertiary/aromatic N) is 4. The number of pyridine rings is 2. The van der Waals surface area contributed by atoms with Crippen LogP contribution in [0.25, 0.3) is 11.0 Å². The van der Waals surface area contributed by atoms with E-state index < -0.39 is 10.0 Å². The summed E-state index contributed by atoms with van der Waals surface area (Å²) in [6, 6.07) is 5.42. The lowest BCUT2D eigenvalue weighted by Gasteiger charge is -2.28. The number of nitrogens with one attached hydrogen (secondary N) is 1. The monoisotopic (exact) mass is 393 g/mol. The van der Waals surface area contributed by atoms with Gasteiger partial charge in [-0.1, -0.05) is 11.6 Å². The van der Waals surface area contributed by atoms with Crippen molar-refractivity contribution in [2.75, 3.05) is 19.3 Å². The van der Waals surface area contributed by atoms with Crippen molar-refractivity contribution >= 4 is 45.1 Å². The molecule has 1 aliphatic heterocycles. The van der Waals surface area contributed by atoms with E-state index in [1.165, 1.54) is 16.8 Å². The zero-order valence-electron chi connectivity index (χ0n) is 14.3. The molecule has 1 N–H and O–H groups in total. The molecule has 0 radical (unpaired) electrons. The van der Waals surface area contributed by atoms with Crippen molar-refractivity contribution in [2.24, 2.45) is 4.99 Å². The van der Waals surface area contributed by atoms with E-state index in [4.69, 9.17) is 17.0 Å². The maximum absolute atomic E-state index is 11.6. The quantitative estimate of drug-likeness (QED) is 0.623. The molecule has 1 aliphatic rings. The number of piperidine rings is 1. The van der Waals surface area contributed by atoms with Gasteiger partial charge in [0.1, 0.15) is 5.15 Å². The first-order chi connectivity index (χ1) is 12.4. The normalized spacial score (nSPS) is 18.4. The van der Waals surface area contributed by atoms with Gasteiger partial charge in [-0.05, 0) is 36.6 Å². The molecule has 0 aliphatic carbocycles. The van der Waals surface area contributed by atoms with Crippen LogP contribution in [0.2, 0.25) is 5.15 Å². The van der Waals surface area contributed by atoms with Crippen molar-refractivity contribution in [1.29, 1.82) is 5.41 Å². The van der Waals surface area contributed by atoms with Crippen LogP contribution in [0.5, 0.6) is 0 Å². The molecule has 3 heterocycles. The van der Waals surface area contributed by atoms with E-state index in [0.29, 0.717) is 36.6 Å². The Labute approximate surface area is 157 Å². The number of aromatic nitrogens is 2. The van der Waals surface area contributed by atoms with Crippen LogP contribution in [0.3, 0.4) is 0 Å². The Kier molecular flexibility index (Phi) is 5.64. The Balaban J connectivity index is 1.72. The van der Waals surface area contributed by atoms with Gasteiger partial charge in [-0.2, -0.15) is 0 Å². The van der Waals surface area contributed by atoms with Crippen LogP contribution >= 0.6 is 11.6 Å². The summed E-state index contributed by atoms with van der Waals surface area (Å²) in [5, 5.41) is 8.10. The second-order valence-corrected chi connectivity index (χ2v) is 8.69. The second-order valence-electron chi connectivity index (χ2n) is 6.32. The van der Waals surface area contributed by atoms with Crippen molar-refractivity contribution in [1.82, 2.24) is 14.3 Å². The van der Waals surface area contributed by atoms with Gasteiger partial charge in [0.15, 0.2) is 0 Å². The van der Waals surface area contributed by atoms with Crippen LogP contribution in [0.1, 0.15) is 24.3 Å². The van der Waals surface area contributed by atoms with Gasteiger partial charge in [0.05, 0.1) is 29.2 Å². The third kappa shape index (κ3) is 4.44. The second kappa shape index (κ2) is 7.77. The van der Waals surface area contributed by atoms with Gasteiger partial charge >= 0.3 is 0 Å². The largest absolute Gasteiger partial charge is 0.312 e. The van der Waals surface area contributed by atoms with Gasteiger partial charge in [0.25, 0.3) is 0 Å². The summed E-state index contributed by atoms with van der Waals surface area (Å²) in [4.78, 5) is 13.2. The van der Waals surface area contributed by atoms with E-state index in [9.17, 15) is 8.42 Å². The minimum absolute atomic E-state index is 0.0661. The Hall–Kier alpha value is -1.90. The highest BCUT2D eigenvalue weighted by atomic mass is 35.5. The molecule has 1 atom stereocenters. The third-order valence-electron chi connectivity index (χ3n) is 4.44. The van der Waals surface area contributed by atoms with E-state index in [-0.39, 0.29) is 12.0 Å². The van der Waals surface area contributed by atoms with Crippen LogP contribution in [-0.4, -0.2) is 60.5 Å². The smallest absolute Gasteiger partial charge is 0.211 e. The number of halogens is 1. The fraction of sp³-hybridized carbons (Fsp3) is 0.412. The summed E-state index contributed by atoms with van der Waals surface area (Å²) in [6.07, 6.45) is 7.35. The van der Waals surface area contributed by atoms with Gasteiger partial charge in [-0.25, -0.2) is 17.7 Å². The van der Waals surface area contributed by atoms with Gasteiger partial charge < -0.3 is 5.41 Å². The standard InChI is InChI=1S/C17H20ClN5O2S/c1-26(24,25)23-6-4-14(5-7-23)20-11-13(9-19)12-8-16-15(21-10-12)2-3-17(18)22-16/h2-3,8-11,13-14,19H,4-7H2,1H3. The summed E-state index contributed by atoms with van der Waals surface area (Å²) in [7, 11) is -3.13. The molecule has 7 nitrogen and oxygen atoms in total. The van der Waals surface area contributed by atoms with Gasteiger partial charge in [-0.15, -0.1) is 0 Å². The maximum Gasteiger partial charge on any atom is 0.211 e. The van der Waals surface area contributed by atoms with Gasteiger partial charge in [0.2, 0.25) is 10.0 Å². The summed E-state index contributed by atoms with van der Waals surface area (Å²) >= 11 is 5.93. The Morgan fingerprint density at radius 3 is 2.73 bits per heavy atom. The predicted molar refractivity (Wildman–Crippen MR) is 104 cm³/mol. The van der Waals surface area contributed by atoms with E-state index in [0.717, 1.165) is 11.1 Å². The molecule has 0 spiro atoms. The fourth-order valence-corrected chi connectivity index (χ4v) is 3.97. The molecule has 2 aromatic rings. The van der Waals surface area contributed by atoms with Crippen molar-refractivity contribution < 1.29 is 8.42 Å². The summed E-state index contributed by atoms with van der Waals surface area (Å²) in [5.74, 6) is -0.305. The lowest BCUT2D eigenvalue weighted by Crippen LogP contribution is -2.39. The van der Waals surface area contributed by atoms with Crippen LogP contribution in [-0.2, 0) is 10.0 Å². The van der Waals surface area contributed by atoms with Crippen molar-refractivity contribution in [3.63, 3.8) is 0 Å². The molecular weight excluding hydrogens is 374 g/mol. The van der Waals surface area contributed by atoms with E-state index in [2.05, 4.69) is 15.0 Å². The molecule has 0 aromatic carbocycles. The molecular formula is C17H20ClN5O2S. The highest BCUT2D eigenvalue weighted by Crippen LogP contribution is 2.20. The topological polar surface area (TPSA) is 99.4 Å². The third-order valence-corrected chi connectivity index (χ3v) is 5.95. The van der Waals surface area contributed by atoms with Gasteiger partial charge in [0, 0.05) is 31.7 Å². The predicted octanol–water partition coefficient (Wildman–Crippen LogP) is 2.51. The minimum atomic E-state index is -3.13. The molecule has 0 bridgehead atoms. The molecule has 138 valence electrons. The van der Waals surface area contributed by atoms with E-state index in [1.54, 1.807) is 24.5 Å². The number of fused-ring (bicyclic) bond motifs is 1. The van der Waals surface area contributed by atoms with Gasteiger partial charge in [-0.3, -0.25) is 9.98 Å². The molecule has 26 heavy (non-hydrogen) atoms. The average molecular weight is 394 g/mol. The lowest BCUT2D eigenvalue weighted by atomic mass is 10.0. The van der Waals surface area contributed by atoms with E-state index in [1.807, 2.05) is 6.07 Å². The van der Waals surface area contributed by atoms with Crippen molar-refractivity contribution in [3.8, 4) is 0 Å². The maximum atomic E-state index is 11.6. The molecule has 3 rings (SSSR count). The highest BCUT2D eigenvalue weighted by molar-refractivity contribution is 7.88. The molecule has 1 fully saturated rings. The first kappa shape index (κ1) is 18.9. The Morgan fingerprint density at radius 2 is 2.08 bits per heavy atom. The Bertz CT molecular complexity index is 939. The number of sulfonamides is 1. The average Bonchev–Trinajstić information content (AvgIpc) is 2.61. The summed E-state index contributed by atoms with van der Waals surface area (Å²) in [5.41, 5.74) is 2.24. The number of aliphatic imine (C=N–C) groups is 1. The number of hydrogen-bond donors (Lipinski definition) is 1. The van der Waals surface area contributed by atoms with Crippen molar-refractivity contribution in [3.05, 3.63) is 35.1 Å². The molecule has 0 amide bonds. The van der Waals surface area contributed by atoms with Crippen molar-refractivity contribution in [2.45, 2.75) is 24.8 Å². The molecule has 1 saturated heterocycles. The molecule has 9 heteroatoms. The van der Waals surface area contributed by atoms with Crippen LogP contribution in [0.4, 0.5) is 0 Å². The fourth-order valence-electron chi connectivity index (χ4n) is 2.94. The SMILES string of the molecule is CS(=O)(=O)N1CCC(N=CC(C=N)c2cnc3ccc(Cl)nc3c2)CC1. The lowest BCUT2D eigenvalue weighted by molar-refractivity contribution is 0.323. The Morgan fingerprint density at radius 1 is 1.35 bits per heavy atom. The number of rotatable bonds is 5. The zero-order valence-corrected chi connectivity index (χ0v) is 15.9. The summed E-state index contributed by atoms with van der Waals surface area (Å²) < 4.78 is 24.6. The van der Waals surface area contributed by atoms with Crippen LogP contribution in [0, 0.1) is 5.41 Å². The first-order valence-electron chi connectivity index (χ1n) is 8.28. The molecule has 0 saturated carbocycles. The first-order valence-corrected chi connectivity index (χ1v) is 10.5. The summed E-state index contributed by atoms with van der Waals surface area (Å²) in [6.45, 7) is 0.964. The molecule has 1 unspecified atom stereocenters. The van der Waals surface area contributed by atoms with Crippen LogP contribution in [0.15, 0.2) is 29.4 Å².